The topological polar surface area (TPSA) is 44.7 Å². The molecule has 1 N–H and O–H groups in total. The Morgan fingerprint density at radius 1 is 1.70 bits per heavy atom. The van der Waals surface area contributed by atoms with Gasteiger partial charge >= 0.3 is 0 Å². The van der Waals surface area contributed by atoms with Crippen LogP contribution in [0, 0.1) is 0 Å². The quantitative estimate of drug-likeness (QED) is 0.465. The van der Waals surface area contributed by atoms with E-state index in [2.05, 4.69) is 10.3 Å². The second-order valence-electron chi connectivity index (χ2n) is 2.68. The maximum Gasteiger partial charge on any atom is 0.209 e. The summed E-state index contributed by atoms with van der Waals surface area (Å²) in [7, 11) is 0. The zero-order valence-corrected chi connectivity index (χ0v) is 5.53. The van der Waals surface area contributed by atoms with E-state index in [0.29, 0.717) is 12.1 Å². The smallest absolute Gasteiger partial charge is 0.209 e. The largest absolute Gasteiger partial charge is 0.370 e. The second kappa shape index (κ2) is 1.97. The first-order valence-corrected chi connectivity index (χ1v) is 3.37. The summed E-state index contributed by atoms with van der Waals surface area (Å²) in [5, 5.41) is 3.09. The molecule has 0 aliphatic carbocycles. The highest BCUT2D eigenvalue weighted by molar-refractivity contribution is 5.60. The highest BCUT2D eigenvalue weighted by Crippen LogP contribution is 2.13. The zero-order valence-electron chi connectivity index (χ0n) is 5.53. The molecule has 0 aromatic rings. The first kappa shape index (κ1) is 5.70. The first-order chi connectivity index (χ1) is 4.90. The standard InChI is InChI=1S/C6H9N3O/c10-4-9-1-5-6(2-9)8-3-7-5/h3-6H,1-2H2,(H,7,8). The highest BCUT2D eigenvalue weighted by Gasteiger charge is 2.33. The van der Waals surface area contributed by atoms with Crippen LogP contribution in [0.25, 0.3) is 0 Å². The van der Waals surface area contributed by atoms with Gasteiger partial charge in [0.2, 0.25) is 6.41 Å². The van der Waals surface area contributed by atoms with Crippen molar-refractivity contribution in [2.24, 2.45) is 4.99 Å². The van der Waals surface area contributed by atoms with Crippen LogP contribution in [-0.2, 0) is 4.79 Å². The Morgan fingerprint density at radius 2 is 2.60 bits per heavy atom. The Labute approximate surface area is 58.9 Å². The normalized spacial score (nSPS) is 35.8. The van der Waals surface area contributed by atoms with Crippen LogP contribution in [0.5, 0.6) is 0 Å². The van der Waals surface area contributed by atoms with E-state index in [1.807, 2.05) is 0 Å². The zero-order chi connectivity index (χ0) is 6.97. The van der Waals surface area contributed by atoms with E-state index >= 15 is 0 Å². The van der Waals surface area contributed by atoms with Crippen molar-refractivity contribution < 1.29 is 4.79 Å². The molecule has 4 nitrogen and oxygen atoms in total. The molecular formula is C6H9N3O. The van der Waals surface area contributed by atoms with Gasteiger partial charge in [-0.3, -0.25) is 9.79 Å². The molecular weight excluding hydrogens is 130 g/mol. The molecule has 4 heteroatoms. The third-order valence-electron chi connectivity index (χ3n) is 2.02. The summed E-state index contributed by atoms with van der Waals surface area (Å²) in [5.41, 5.74) is 0. The Hall–Kier alpha value is -1.06. The van der Waals surface area contributed by atoms with Crippen molar-refractivity contribution in [3.63, 3.8) is 0 Å². The summed E-state index contributed by atoms with van der Waals surface area (Å²) < 4.78 is 0. The summed E-state index contributed by atoms with van der Waals surface area (Å²) in [5.74, 6) is 0. The van der Waals surface area contributed by atoms with Gasteiger partial charge in [0.25, 0.3) is 0 Å². The number of nitrogens with zero attached hydrogens (tertiary/aromatic N) is 2. The molecule has 2 atom stereocenters. The van der Waals surface area contributed by atoms with Gasteiger partial charge in [-0.1, -0.05) is 0 Å². The lowest BCUT2D eigenvalue weighted by Crippen LogP contribution is -2.31. The van der Waals surface area contributed by atoms with Crippen LogP contribution in [0.15, 0.2) is 4.99 Å². The molecule has 2 aliphatic heterocycles. The number of hydrogen-bond donors (Lipinski definition) is 1. The van der Waals surface area contributed by atoms with Crippen molar-refractivity contribution in [2.45, 2.75) is 12.1 Å². The number of likely N-dealkylation sites (tertiary alicyclic amines) is 1. The molecule has 0 aromatic heterocycles. The van der Waals surface area contributed by atoms with Gasteiger partial charge in [-0.15, -0.1) is 0 Å². The SMILES string of the molecule is O=CN1CC2N=CNC2C1. The Morgan fingerprint density at radius 3 is 3.30 bits per heavy atom. The number of rotatable bonds is 1. The molecule has 2 heterocycles. The van der Waals surface area contributed by atoms with Crippen molar-refractivity contribution in [3.05, 3.63) is 0 Å². The van der Waals surface area contributed by atoms with Crippen molar-refractivity contribution in [2.75, 3.05) is 13.1 Å². The molecule has 10 heavy (non-hydrogen) atoms. The van der Waals surface area contributed by atoms with Crippen LogP contribution in [0.3, 0.4) is 0 Å². The molecule has 1 saturated heterocycles. The Bertz CT molecular complexity index is 180. The first-order valence-electron chi connectivity index (χ1n) is 3.37. The van der Waals surface area contributed by atoms with Crippen molar-refractivity contribution in [1.82, 2.24) is 10.2 Å². The van der Waals surface area contributed by atoms with Crippen molar-refractivity contribution in [3.8, 4) is 0 Å². The monoisotopic (exact) mass is 139 g/mol. The fraction of sp³-hybridized carbons (Fsp3) is 0.667. The van der Waals surface area contributed by atoms with Crippen molar-refractivity contribution in [1.29, 1.82) is 0 Å². The molecule has 54 valence electrons. The van der Waals surface area contributed by atoms with Gasteiger partial charge in [-0.05, 0) is 0 Å². The summed E-state index contributed by atoms with van der Waals surface area (Å²) in [6.07, 6.45) is 2.62. The molecule has 2 rings (SSSR count). The van der Waals surface area contributed by atoms with E-state index in [9.17, 15) is 4.79 Å². The van der Waals surface area contributed by atoms with Gasteiger partial charge in [0.15, 0.2) is 0 Å². The van der Waals surface area contributed by atoms with E-state index in [0.717, 1.165) is 19.5 Å². The number of carbonyl (C=O) groups excluding carboxylic acids is 1. The predicted octanol–water partition coefficient (Wildman–Crippen LogP) is -1.17. The second-order valence-corrected chi connectivity index (χ2v) is 2.68. The van der Waals surface area contributed by atoms with Crippen LogP contribution >= 0.6 is 0 Å². The van der Waals surface area contributed by atoms with Gasteiger partial charge in [-0.2, -0.15) is 0 Å². The fourth-order valence-corrected chi connectivity index (χ4v) is 1.45. The lowest BCUT2D eigenvalue weighted by atomic mass is 10.2. The molecule has 2 aliphatic rings. The summed E-state index contributed by atoms with van der Waals surface area (Å²) in [4.78, 5) is 16.2. The molecule has 0 aromatic carbocycles. The molecule has 2 unspecified atom stereocenters. The minimum absolute atomic E-state index is 0.310. The average molecular weight is 139 g/mol. The summed E-state index contributed by atoms with van der Waals surface area (Å²) >= 11 is 0. The summed E-state index contributed by atoms with van der Waals surface area (Å²) in [6, 6.07) is 0.690. The average Bonchev–Trinajstić information content (AvgIpc) is 2.42. The van der Waals surface area contributed by atoms with E-state index in [4.69, 9.17) is 0 Å². The minimum atomic E-state index is 0.310. The third-order valence-corrected chi connectivity index (χ3v) is 2.02. The number of carbonyl (C=O) groups is 1. The van der Waals surface area contributed by atoms with E-state index < -0.39 is 0 Å². The van der Waals surface area contributed by atoms with Crippen LogP contribution in [0.1, 0.15) is 0 Å². The highest BCUT2D eigenvalue weighted by atomic mass is 16.1. The van der Waals surface area contributed by atoms with Gasteiger partial charge in [0, 0.05) is 13.1 Å². The number of hydrogen-bond acceptors (Lipinski definition) is 3. The van der Waals surface area contributed by atoms with E-state index in [1.165, 1.54) is 0 Å². The van der Waals surface area contributed by atoms with E-state index in [-0.39, 0.29) is 0 Å². The van der Waals surface area contributed by atoms with Gasteiger partial charge in [0.1, 0.15) is 0 Å². The van der Waals surface area contributed by atoms with Crippen LogP contribution in [-0.4, -0.2) is 42.8 Å². The number of nitrogens with one attached hydrogen (secondary N) is 1. The summed E-state index contributed by atoms with van der Waals surface area (Å²) in [6.45, 7) is 1.58. The molecule has 0 radical (unpaired) electrons. The minimum Gasteiger partial charge on any atom is -0.370 e. The molecule has 0 saturated carbocycles. The number of fused-ring (bicyclic) bond motifs is 1. The third kappa shape index (κ3) is 0.683. The maximum atomic E-state index is 10.3. The predicted molar refractivity (Wildman–Crippen MR) is 36.8 cm³/mol. The molecule has 1 fully saturated rings. The fourth-order valence-electron chi connectivity index (χ4n) is 1.45. The van der Waals surface area contributed by atoms with Gasteiger partial charge < -0.3 is 10.2 Å². The molecule has 0 spiro atoms. The van der Waals surface area contributed by atoms with Gasteiger partial charge in [0.05, 0.1) is 18.4 Å². The number of aliphatic imine (C=N–C) groups is 1. The molecule has 0 bridgehead atoms. The van der Waals surface area contributed by atoms with Crippen LogP contribution in [0.4, 0.5) is 0 Å². The van der Waals surface area contributed by atoms with E-state index in [1.54, 1.807) is 11.2 Å². The lowest BCUT2D eigenvalue weighted by molar-refractivity contribution is -0.117. The lowest BCUT2D eigenvalue weighted by Gasteiger charge is -2.07. The maximum absolute atomic E-state index is 10.3. The van der Waals surface area contributed by atoms with Crippen LogP contribution in [0.2, 0.25) is 0 Å². The Kier molecular flexibility index (Phi) is 1.12. The van der Waals surface area contributed by atoms with Gasteiger partial charge in [-0.25, -0.2) is 0 Å². The molecule has 1 amide bonds. The van der Waals surface area contributed by atoms with Crippen molar-refractivity contribution >= 4 is 12.7 Å². The number of amides is 1. The Balaban J connectivity index is 2.05. The van der Waals surface area contributed by atoms with Crippen LogP contribution < -0.4 is 5.32 Å².